The van der Waals surface area contributed by atoms with Gasteiger partial charge in [-0.3, -0.25) is 0 Å². The third kappa shape index (κ3) is 5.23. The largest absolute Gasteiger partial charge is 0.125 e. The standard InChI is InChI=1S/C9H21P/c1-5-8(2)6-9(3)7-10-4/h8-10H,5-7H2,1-4H3. The molecule has 0 N–H and O–H groups in total. The number of hydrogen-bond donors (Lipinski definition) is 0. The molecular weight excluding hydrogens is 139 g/mol. The van der Waals surface area contributed by atoms with Crippen LogP contribution in [-0.4, -0.2) is 12.8 Å². The summed E-state index contributed by atoms with van der Waals surface area (Å²) in [6.07, 6.45) is 4.21. The van der Waals surface area contributed by atoms with Crippen molar-refractivity contribution in [1.29, 1.82) is 0 Å². The lowest BCUT2D eigenvalue weighted by Gasteiger charge is -2.14. The fourth-order valence-corrected chi connectivity index (χ4v) is 2.15. The molecule has 0 bridgehead atoms. The van der Waals surface area contributed by atoms with E-state index in [0.29, 0.717) is 0 Å². The van der Waals surface area contributed by atoms with E-state index in [0.717, 1.165) is 20.4 Å². The van der Waals surface area contributed by atoms with E-state index >= 15 is 0 Å². The molecule has 0 aliphatic carbocycles. The zero-order chi connectivity index (χ0) is 7.98. The van der Waals surface area contributed by atoms with Crippen LogP contribution in [0.25, 0.3) is 0 Å². The highest BCUT2D eigenvalue weighted by Crippen LogP contribution is 2.19. The minimum Gasteiger partial charge on any atom is -0.125 e. The maximum Gasteiger partial charge on any atom is -0.0330 e. The summed E-state index contributed by atoms with van der Waals surface area (Å²) in [5, 5.41) is 0. The van der Waals surface area contributed by atoms with Crippen molar-refractivity contribution in [2.45, 2.75) is 33.6 Å². The van der Waals surface area contributed by atoms with Gasteiger partial charge >= 0.3 is 0 Å². The van der Waals surface area contributed by atoms with Crippen molar-refractivity contribution in [3.8, 4) is 0 Å². The summed E-state index contributed by atoms with van der Waals surface area (Å²) in [6, 6.07) is 0. The van der Waals surface area contributed by atoms with E-state index in [1.165, 1.54) is 19.0 Å². The van der Waals surface area contributed by atoms with E-state index in [2.05, 4.69) is 27.4 Å². The molecule has 0 heterocycles. The van der Waals surface area contributed by atoms with Gasteiger partial charge in [0, 0.05) is 0 Å². The Hall–Kier alpha value is 0.430. The predicted molar refractivity (Wildman–Crippen MR) is 52.3 cm³/mol. The molecule has 0 fully saturated rings. The number of hydrogen-bond acceptors (Lipinski definition) is 0. The van der Waals surface area contributed by atoms with Crippen LogP contribution in [0.5, 0.6) is 0 Å². The summed E-state index contributed by atoms with van der Waals surface area (Å²) in [7, 11) is 1.14. The average molecular weight is 160 g/mol. The van der Waals surface area contributed by atoms with Gasteiger partial charge in [-0.15, -0.1) is 8.58 Å². The van der Waals surface area contributed by atoms with Crippen molar-refractivity contribution >= 4 is 8.58 Å². The van der Waals surface area contributed by atoms with Gasteiger partial charge in [0.15, 0.2) is 0 Å². The van der Waals surface area contributed by atoms with E-state index in [1.54, 1.807) is 0 Å². The lowest BCUT2D eigenvalue weighted by Crippen LogP contribution is -2.03. The van der Waals surface area contributed by atoms with E-state index in [4.69, 9.17) is 0 Å². The Kier molecular flexibility index (Phi) is 6.43. The van der Waals surface area contributed by atoms with Crippen molar-refractivity contribution in [3.63, 3.8) is 0 Å². The van der Waals surface area contributed by atoms with Gasteiger partial charge in [-0.2, -0.15) is 0 Å². The summed E-state index contributed by atoms with van der Waals surface area (Å²) < 4.78 is 0. The van der Waals surface area contributed by atoms with Crippen molar-refractivity contribution < 1.29 is 0 Å². The maximum atomic E-state index is 2.38. The molecule has 0 aliphatic heterocycles. The van der Waals surface area contributed by atoms with Crippen LogP contribution >= 0.6 is 8.58 Å². The Morgan fingerprint density at radius 3 is 2.20 bits per heavy atom. The fraction of sp³-hybridized carbons (Fsp3) is 1.00. The van der Waals surface area contributed by atoms with Crippen molar-refractivity contribution in [2.24, 2.45) is 11.8 Å². The van der Waals surface area contributed by atoms with E-state index in [1.807, 2.05) is 0 Å². The van der Waals surface area contributed by atoms with Gasteiger partial charge in [0.1, 0.15) is 0 Å². The molecule has 0 aliphatic rings. The molecule has 0 saturated carbocycles. The highest BCUT2D eigenvalue weighted by molar-refractivity contribution is 7.36. The quantitative estimate of drug-likeness (QED) is 0.541. The summed E-state index contributed by atoms with van der Waals surface area (Å²) in [6.45, 7) is 9.32. The Bertz CT molecular complexity index is 71.1. The van der Waals surface area contributed by atoms with E-state index in [-0.39, 0.29) is 0 Å². The van der Waals surface area contributed by atoms with Gasteiger partial charge in [0.25, 0.3) is 0 Å². The zero-order valence-corrected chi connectivity index (χ0v) is 8.78. The Balaban J connectivity index is 3.27. The molecular formula is C9H21P. The number of rotatable bonds is 5. The van der Waals surface area contributed by atoms with Gasteiger partial charge in [0.05, 0.1) is 0 Å². The Morgan fingerprint density at radius 2 is 1.80 bits per heavy atom. The second-order valence-corrected chi connectivity index (χ2v) is 4.53. The van der Waals surface area contributed by atoms with E-state index < -0.39 is 0 Å². The lowest BCUT2D eigenvalue weighted by atomic mass is 9.97. The minimum absolute atomic E-state index is 0.936. The van der Waals surface area contributed by atoms with Gasteiger partial charge in [-0.25, -0.2) is 0 Å². The molecule has 10 heavy (non-hydrogen) atoms. The molecule has 0 saturated heterocycles. The molecule has 0 amide bonds. The SMILES string of the molecule is CCC(C)CC(C)CPC. The molecule has 0 radical (unpaired) electrons. The van der Waals surface area contributed by atoms with Gasteiger partial charge in [-0.1, -0.05) is 27.2 Å². The molecule has 1 heteroatoms. The van der Waals surface area contributed by atoms with Crippen LogP contribution in [0.2, 0.25) is 0 Å². The smallest absolute Gasteiger partial charge is 0.0330 e. The van der Waals surface area contributed by atoms with Gasteiger partial charge < -0.3 is 0 Å². The van der Waals surface area contributed by atoms with Crippen LogP contribution < -0.4 is 0 Å². The fourth-order valence-electron chi connectivity index (χ4n) is 1.29. The molecule has 0 nitrogen and oxygen atoms in total. The van der Waals surface area contributed by atoms with Crippen molar-refractivity contribution in [2.75, 3.05) is 12.8 Å². The molecule has 0 spiro atoms. The second kappa shape index (κ2) is 6.16. The molecule has 0 aromatic rings. The second-order valence-electron chi connectivity index (χ2n) is 3.41. The van der Waals surface area contributed by atoms with Crippen molar-refractivity contribution in [1.82, 2.24) is 0 Å². The zero-order valence-electron chi connectivity index (χ0n) is 7.78. The average Bonchev–Trinajstić information content (AvgIpc) is 1.88. The Labute approximate surface area is 67.6 Å². The predicted octanol–water partition coefficient (Wildman–Crippen LogP) is 3.37. The first-order valence-corrected chi connectivity index (χ1v) is 6.06. The monoisotopic (exact) mass is 160 g/mol. The summed E-state index contributed by atoms with van der Waals surface area (Å²) in [5.74, 6) is 1.89. The molecule has 62 valence electrons. The highest BCUT2D eigenvalue weighted by atomic mass is 31.1. The summed E-state index contributed by atoms with van der Waals surface area (Å²) >= 11 is 0. The van der Waals surface area contributed by atoms with Crippen LogP contribution in [0.4, 0.5) is 0 Å². The first kappa shape index (κ1) is 10.4. The molecule has 3 atom stereocenters. The third-order valence-corrected chi connectivity index (χ3v) is 3.16. The van der Waals surface area contributed by atoms with Crippen LogP contribution in [0.3, 0.4) is 0 Å². The van der Waals surface area contributed by atoms with E-state index in [9.17, 15) is 0 Å². The molecule has 0 rings (SSSR count). The summed E-state index contributed by atoms with van der Waals surface area (Å²) in [4.78, 5) is 0. The third-order valence-electron chi connectivity index (χ3n) is 2.05. The van der Waals surface area contributed by atoms with Crippen molar-refractivity contribution in [3.05, 3.63) is 0 Å². The lowest BCUT2D eigenvalue weighted by molar-refractivity contribution is 0.432. The molecule has 0 aromatic carbocycles. The molecule has 0 aromatic heterocycles. The minimum atomic E-state index is 0.936. The van der Waals surface area contributed by atoms with Gasteiger partial charge in [-0.05, 0) is 31.1 Å². The molecule has 3 unspecified atom stereocenters. The maximum absolute atomic E-state index is 2.38. The summed E-state index contributed by atoms with van der Waals surface area (Å²) in [5.41, 5.74) is 0. The van der Waals surface area contributed by atoms with Crippen LogP contribution in [0.1, 0.15) is 33.6 Å². The Morgan fingerprint density at radius 1 is 1.20 bits per heavy atom. The van der Waals surface area contributed by atoms with Crippen LogP contribution in [0.15, 0.2) is 0 Å². The topological polar surface area (TPSA) is 0 Å². The normalized spacial score (nSPS) is 18.0. The van der Waals surface area contributed by atoms with Crippen LogP contribution in [0, 0.1) is 11.8 Å². The van der Waals surface area contributed by atoms with Crippen LogP contribution in [-0.2, 0) is 0 Å². The highest BCUT2D eigenvalue weighted by Gasteiger charge is 2.04. The first-order chi connectivity index (χ1) is 4.70. The first-order valence-electron chi connectivity index (χ1n) is 4.35. The van der Waals surface area contributed by atoms with Gasteiger partial charge in [0.2, 0.25) is 0 Å².